The minimum Gasteiger partial charge on any atom is -0.493 e. The number of anilines is 10. The minimum absolute atomic E-state index is 0. The topological polar surface area (TPSA) is 38.7 Å². The van der Waals surface area contributed by atoms with Crippen molar-refractivity contribution in [3.05, 3.63) is 273 Å². The molecule has 13 rings (SSSR count). The predicted molar refractivity (Wildman–Crippen MR) is 310 cm³/mol. The van der Waals surface area contributed by atoms with Crippen LogP contribution in [0, 0.1) is 18.8 Å². The van der Waals surface area contributed by atoms with E-state index in [0.717, 1.165) is 56.0 Å². The second-order valence-corrected chi connectivity index (χ2v) is 19.3. The summed E-state index contributed by atoms with van der Waals surface area (Å²) in [4.78, 5) is 17.8. The Morgan fingerprint density at radius 3 is 1.80 bits per heavy atom. The SMILES string of the molecule is [2H]c1c([2H])c([2H])c(-c2cccc(-c3c([2H])c([2H])c([2H])c([2H])c3[2H])c2N2[CH-]N(c3[c-]c(N(c4[c-]c5c(cc4)-c4ccccc4-c4cnccc4N5c4cc(C(C)(C)C)ccn4)c4ccccc4)cc(-c4ccccc4)c3)c3ccccc32)c([2H])c1[2H].[Pt]. The van der Waals surface area contributed by atoms with Crippen LogP contribution < -0.4 is 19.6 Å². The summed E-state index contributed by atoms with van der Waals surface area (Å²) in [6, 6.07) is 58.0. The molecule has 0 spiro atoms. The number of fused-ring (bicyclic) bond motifs is 6. The molecule has 370 valence electrons. The number of pyridine rings is 2. The van der Waals surface area contributed by atoms with Crippen molar-refractivity contribution >= 4 is 57.0 Å². The number of rotatable bonds is 9. The van der Waals surface area contributed by atoms with E-state index >= 15 is 0 Å². The van der Waals surface area contributed by atoms with Crippen molar-refractivity contribution in [1.29, 1.82) is 0 Å². The summed E-state index contributed by atoms with van der Waals surface area (Å²) in [5.74, 6) is 0.712. The molecule has 0 unspecified atom stereocenters. The van der Waals surface area contributed by atoms with Crippen LogP contribution in [0.5, 0.6) is 0 Å². The maximum absolute atomic E-state index is 9.25. The molecule has 0 saturated heterocycles. The fourth-order valence-corrected chi connectivity index (χ4v) is 10.1. The second-order valence-electron chi connectivity index (χ2n) is 19.3. The number of aromatic nitrogens is 2. The van der Waals surface area contributed by atoms with E-state index in [1.165, 1.54) is 0 Å². The molecule has 2 aliphatic heterocycles. The first-order valence-electron chi connectivity index (χ1n) is 29.6. The van der Waals surface area contributed by atoms with Crippen molar-refractivity contribution < 1.29 is 34.8 Å². The van der Waals surface area contributed by atoms with E-state index in [1.54, 1.807) is 29.3 Å². The Balaban J connectivity index is 0.00000724. The Bertz CT molecular complexity index is 4360. The van der Waals surface area contributed by atoms with Crippen molar-refractivity contribution in [2.75, 3.05) is 19.6 Å². The number of nitrogens with zero attached hydrogens (tertiary/aromatic N) is 6. The molecule has 76 heavy (non-hydrogen) atoms. The first-order chi connectivity index (χ1) is 41.0. The summed E-state index contributed by atoms with van der Waals surface area (Å²) >= 11 is 0. The molecule has 2 aliphatic rings. The van der Waals surface area contributed by atoms with Crippen LogP contribution in [0.25, 0.3) is 55.6 Å². The molecule has 0 fully saturated rings. The van der Waals surface area contributed by atoms with Gasteiger partial charge in [0.25, 0.3) is 0 Å². The zero-order chi connectivity index (χ0) is 59.2. The van der Waals surface area contributed by atoms with Crippen LogP contribution in [0.1, 0.15) is 40.0 Å². The van der Waals surface area contributed by atoms with Gasteiger partial charge >= 0.3 is 0 Å². The molecule has 11 aromatic rings. The maximum atomic E-state index is 9.25. The van der Waals surface area contributed by atoms with Gasteiger partial charge in [0.15, 0.2) is 0 Å². The largest absolute Gasteiger partial charge is 0.493 e. The fraction of sp³-hybridized carbons (Fsp3) is 0.0580. The molecule has 4 heterocycles. The molecule has 6 nitrogen and oxygen atoms in total. The van der Waals surface area contributed by atoms with Crippen LogP contribution in [0.15, 0.2) is 249 Å². The van der Waals surface area contributed by atoms with E-state index in [1.807, 2.05) is 133 Å². The van der Waals surface area contributed by atoms with Crippen LogP contribution in [0.4, 0.5) is 57.0 Å². The van der Waals surface area contributed by atoms with Crippen molar-refractivity contribution in [3.63, 3.8) is 0 Å². The summed E-state index contributed by atoms with van der Waals surface area (Å²) < 4.78 is 89.1. The third kappa shape index (κ3) is 8.75. The monoisotopic (exact) mass is 1170 g/mol. The molecule has 0 N–H and O–H groups in total. The van der Waals surface area contributed by atoms with Crippen LogP contribution in [0.3, 0.4) is 0 Å². The number of hydrogen-bond acceptors (Lipinski definition) is 6. The van der Waals surface area contributed by atoms with Crippen molar-refractivity contribution in [3.8, 4) is 55.6 Å². The minimum atomic E-state index is -0.572. The number of hydrogen-bond donors (Lipinski definition) is 0. The molecule has 0 amide bonds. The van der Waals surface area contributed by atoms with Crippen LogP contribution in [-0.4, -0.2) is 9.97 Å². The van der Waals surface area contributed by atoms with Crippen LogP contribution in [-0.2, 0) is 26.5 Å². The van der Waals surface area contributed by atoms with Crippen LogP contribution in [0.2, 0.25) is 0 Å². The Morgan fingerprint density at radius 2 is 1.12 bits per heavy atom. The Hall–Kier alpha value is -8.83. The van der Waals surface area contributed by atoms with Gasteiger partial charge in [0, 0.05) is 79.1 Å². The summed E-state index contributed by atoms with van der Waals surface area (Å²) in [5, 5.41) is 0. The Labute approximate surface area is 474 Å². The van der Waals surface area contributed by atoms with Gasteiger partial charge in [-0.25, -0.2) is 4.98 Å². The van der Waals surface area contributed by atoms with Gasteiger partial charge in [0.05, 0.1) is 19.4 Å². The van der Waals surface area contributed by atoms with E-state index in [-0.39, 0.29) is 54.4 Å². The van der Waals surface area contributed by atoms with E-state index in [0.29, 0.717) is 34.3 Å². The molecule has 2 aromatic heterocycles. The van der Waals surface area contributed by atoms with Crippen molar-refractivity contribution in [2.45, 2.75) is 26.2 Å². The molecule has 0 radical (unpaired) electrons. The van der Waals surface area contributed by atoms with Gasteiger partial charge in [0.1, 0.15) is 5.82 Å². The van der Waals surface area contributed by atoms with Crippen molar-refractivity contribution in [2.24, 2.45) is 0 Å². The third-order valence-electron chi connectivity index (χ3n) is 13.7. The van der Waals surface area contributed by atoms with Gasteiger partial charge in [-0.1, -0.05) is 207 Å². The molecule has 0 bridgehead atoms. The average Bonchev–Trinajstić information content (AvgIpc) is 1.60. The standard InChI is InChI=1S/C69H51N6.Pt/c1-69(2,3)52-37-40-71-67(43-52)75-63-38-39-70-46-62(63)60-30-17-16-29-59(60)61-36-35-54(45-66(61)75)74(53-27-14-7-15-28-53)56-42-51(48-21-8-4-9-22-48)41-55(44-56)72-47-73(65-34-19-18-33-64(65)72)68-57(49-23-10-5-11-24-49)31-20-32-58(68)50-25-12-6-13-26-50;/h4-43,46-47H,1-3H3;/q-3;/i5D,6D,10D,11D,12D,13D,23D,24D,25D,26D;. The number of para-hydroxylation sites is 4. The van der Waals surface area contributed by atoms with Crippen LogP contribution >= 0.6 is 0 Å². The van der Waals surface area contributed by atoms with E-state index in [4.69, 9.17) is 13.2 Å². The summed E-state index contributed by atoms with van der Waals surface area (Å²) in [5.41, 5.74) is 12.5. The smallest absolute Gasteiger partial charge is 0.135 e. The fourth-order valence-electron chi connectivity index (χ4n) is 10.1. The summed E-state index contributed by atoms with van der Waals surface area (Å²) in [6.45, 7) is 8.37. The van der Waals surface area contributed by atoms with Gasteiger partial charge in [-0.3, -0.25) is 4.98 Å². The zero-order valence-corrected chi connectivity index (χ0v) is 43.7. The molecular formula is C69H51N6Pt-3. The first-order valence-corrected chi connectivity index (χ1v) is 24.6. The average molecular weight is 1170 g/mol. The van der Waals surface area contributed by atoms with Gasteiger partial charge in [-0.15, -0.1) is 53.8 Å². The molecule has 0 atom stereocenters. The molecule has 9 aromatic carbocycles. The maximum Gasteiger partial charge on any atom is 0.135 e. The zero-order valence-electron chi connectivity index (χ0n) is 51.5. The van der Waals surface area contributed by atoms with E-state index in [2.05, 4.69) is 90.2 Å². The van der Waals surface area contributed by atoms with Gasteiger partial charge in [-0.2, -0.15) is 6.07 Å². The molecule has 7 heteroatoms. The number of benzene rings is 9. The quantitative estimate of drug-likeness (QED) is 0.134. The third-order valence-corrected chi connectivity index (χ3v) is 13.7. The first kappa shape index (κ1) is 37.8. The van der Waals surface area contributed by atoms with Gasteiger partial charge in [0.2, 0.25) is 0 Å². The predicted octanol–water partition coefficient (Wildman–Crippen LogP) is 18.4. The van der Waals surface area contributed by atoms with Gasteiger partial charge < -0.3 is 19.6 Å². The molecule has 0 saturated carbocycles. The molecular weight excluding hydrogens is 1110 g/mol. The Kier molecular flexibility index (Phi) is 10.0. The summed E-state index contributed by atoms with van der Waals surface area (Å²) in [7, 11) is 0. The van der Waals surface area contributed by atoms with E-state index in [9.17, 15) is 5.48 Å². The van der Waals surface area contributed by atoms with E-state index < -0.39 is 60.4 Å². The summed E-state index contributed by atoms with van der Waals surface area (Å²) in [6.07, 6.45) is 5.57. The molecule has 0 aliphatic carbocycles. The Morgan fingerprint density at radius 1 is 0.500 bits per heavy atom. The van der Waals surface area contributed by atoms with Crippen molar-refractivity contribution in [1.82, 2.24) is 9.97 Å². The second kappa shape index (κ2) is 20.1. The van der Waals surface area contributed by atoms with Gasteiger partial charge in [-0.05, 0) is 75.7 Å². The normalized spacial score (nSPS) is 14.3.